The number of unbranched alkanes of at least 4 members (excludes halogenated alkanes) is 6. The van der Waals surface area contributed by atoms with E-state index in [-0.39, 0.29) is 17.1 Å². The molecule has 0 aliphatic heterocycles. The zero-order chi connectivity index (χ0) is 26.6. The highest BCUT2D eigenvalue weighted by Gasteiger charge is 2.24. The summed E-state index contributed by atoms with van der Waals surface area (Å²) >= 11 is 0. The fourth-order valence-electron chi connectivity index (χ4n) is 4.93. The largest absolute Gasteiger partial charge is 0.493 e. The summed E-state index contributed by atoms with van der Waals surface area (Å²) in [6.07, 6.45) is 14.9. The Bertz CT molecular complexity index is 1050. The summed E-state index contributed by atoms with van der Waals surface area (Å²) < 4.78 is 53.4. The Morgan fingerprint density at radius 3 is 2.08 bits per heavy atom. The molecular formula is C30H36F3NO3. The molecular weight excluding hydrogens is 479 g/mol. The highest BCUT2D eigenvalue weighted by Crippen LogP contribution is 2.33. The predicted molar refractivity (Wildman–Crippen MR) is 136 cm³/mol. The molecule has 0 radical (unpaired) electrons. The second-order valence-corrected chi connectivity index (χ2v) is 10.0. The van der Waals surface area contributed by atoms with E-state index in [1.165, 1.54) is 57.4 Å². The van der Waals surface area contributed by atoms with Crippen molar-refractivity contribution in [3.63, 3.8) is 0 Å². The highest BCUT2D eigenvalue weighted by atomic mass is 19.1. The Morgan fingerprint density at radius 2 is 1.46 bits per heavy atom. The molecule has 0 unspecified atom stereocenters. The van der Waals surface area contributed by atoms with E-state index < -0.39 is 29.0 Å². The molecule has 1 fully saturated rings. The van der Waals surface area contributed by atoms with Crippen LogP contribution in [0.1, 0.15) is 99.9 Å². The van der Waals surface area contributed by atoms with Gasteiger partial charge in [-0.3, -0.25) is 0 Å². The van der Waals surface area contributed by atoms with Crippen molar-refractivity contribution in [2.24, 2.45) is 11.8 Å². The second-order valence-electron chi connectivity index (χ2n) is 10.0. The molecule has 37 heavy (non-hydrogen) atoms. The van der Waals surface area contributed by atoms with Gasteiger partial charge in [-0.25, -0.2) is 18.0 Å². The molecule has 2 aromatic carbocycles. The minimum Gasteiger partial charge on any atom is -0.493 e. The third-order valence-electron chi connectivity index (χ3n) is 7.16. The normalized spacial score (nSPS) is 17.3. The molecule has 0 heterocycles. The monoisotopic (exact) mass is 515 g/mol. The fraction of sp³-hybridized carbons (Fsp3) is 0.533. The first kappa shape index (κ1) is 28.6. The lowest BCUT2D eigenvalue weighted by atomic mass is 9.80. The Morgan fingerprint density at radius 1 is 0.865 bits per heavy atom. The Labute approximate surface area is 217 Å². The summed E-state index contributed by atoms with van der Waals surface area (Å²) in [6.45, 7) is 2.61. The standard InChI is InChI=1S/C30H36F3NO3/c1-2-3-4-5-6-7-8-9-21-10-12-22(13-11-21)20-36-25-17-27(32)29(28(33)18-25)30(35)37-24-15-14-23(19-34)26(31)16-24/h14-18,21-22H,2-13,20H2,1H3/t21-,22-. The number of carbonyl (C=O) groups is 1. The van der Waals surface area contributed by atoms with Crippen LogP contribution in [-0.2, 0) is 0 Å². The maximum atomic E-state index is 14.6. The first-order valence-electron chi connectivity index (χ1n) is 13.4. The minimum absolute atomic E-state index is 0.0150. The first-order valence-corrected chi connectivity index (χ1v) is 13.4. The van der Waals surface area contributed by atoms with E-state index >= 15 is 0 Å². The van der Waals surface area contributed by atoms with Crippen LogP contribution in [0.5, 0.6) is 11.5 Å². The number of rotatable bonds is 13. The van der Waals surface area contributed by atoms with E-state index in [0.29, 0.717) is 12.5 Å². The number of hydrogen-bond acceptors (Lipinski definition) is 4. The third-order valence-corrected chi connectivity index (χ3v) is 7.16. The van der Waals surface area contributed by atoms with Crippen LogP contribution >= 0.6 is 0 Å². The van der Waals surface area contributed by atoms with E-state index in [9.17, 15) is 18.0 Å². The molecule has 0 saturated heterocycles. The number of halogens is 3. The third kappa shape index (κ3) is 8.80. The number of ether oxygens (including phenoxy) is 2. The molecule has 200 valence electrons. The lowest BCUT2D eigenvalue weighted by molar-refractivity contribution is 0.0724. The smallest absolute Gasteiger partial charge is 0.349 e. The Kier molecular flexibility index (Phi) is 11.3. The number of esters is 1. The SMILES string of the molecule is CCCCCCCCC[C@H]1CC[C@H](COc2cc(F)c(C(=O)Oc3ccc(C#N)c(F)c3)c(F)c2)CC1. The number of carbonyl (C=O) groups excluding carboxylic acids is 1. The van der Waals surface area contributed by atoms with Crippen molar-refractivity contribution in [3.8, 4) is 17.6 Å². The maximum absolute atomic E-state index is 14.6. The van der Waals surface area contributed by atoms with Crippen LogP contribution in [0.2, 0.25) is 0 Å². The summed E-state index contributed by atoms with van der Waals surface area (Å²) in [7, 11) is 0. The van der Waals surface area contributed by atoms with Gasteiger partial charge in [-0.05, 0) is 36.8 Å². The van der Waals surface area contributed by atoms with Gasteiger partial charge in [-0.15, -0.1) is 0 Å². The topological polar surface area (TPSA) is 59.3 Å². The van der Waals surface area contributed by atoms with Gasteiger partial charge in [0, 0.05) is 18.2 Å². The molecule has 7 heteroatoms. The van der Waals surface area contributed by atoms with Crippen molar-refractivity contribution in [1.82, 2.24) is 0 Å². The number of benzene rings is 2. The van der Waals surface area contributed by atoms with Crippen molar-refractivity contribution in [1.29, 1.82) is 5.26 Å². The predicted octanol–water partition coefficient (Wildman–Crippen LogP) is 8.52. The van der Waals surface area contributed by atoms with Gasteiger partial charge in [0.2, 0.25) is 0 Å². The van der Waals surface area contributed by atoms with Crippen LogP contribution in [0.4, 0.5) is 13.2 Å². The molecule has 0 spiro atoms. The van der Waals surface area contributed by atoms with E-state index in [1.807, 2.05) is 0 Å². The molecule has 0 aromatic heterocycles. The average molecular weight is 516 g/mol. The maximum Gasteiger partial charge on any atom is 0.349 e. The van der Waals surface area contributed by atoms with Gasteiger partial charge >= 0.3 is 5.97 Å². The summed E-state index contributed by atoms with van der Waals surface area (Å²) in [4.78, 5) is 12.3. The molecule has 0 N–H and O–H groups in total. The van der Waals surface area contributed by atoms with Crippen LogP contribution in [0, 0.1) is 40.6 Å². The molecule has 1 aliphatic carbocycles. The van der Waals surface area contributed by atoms with Crippen LogP contribution < -0.4 is 9.47 Å². The van der Waals surface area contributed by atoms with Gasteiger partial charge in [0.25, 0.3) is 0 Å². The van der Waals surface area contributed by atoms with Crippen molar-refractivity contribution in [2.75, 3.05) is 6.61 Å². The van der Waals surface area contributed by atoms with Crippen LogP contribution in [0.3, 0.4) is 0 Å². The number of hydrogen-bond donors (Lipinski definition) is 0. The quantitative estimate of drug-likeness (QED) is 0.152. The van der Waals surface area contributed by atoms with Gasteiger partial charge in [-0.2, -0.15) is 5.26 Å². The second kappa shape index (κ2) is 14.7. The molecule has 0 bridgehead atoms. The Balaban J connectivity index is 1.43. The average Bonchev–Trinajstić information content (AvgIpc) is 2.87. The fourth-order valence-corrected chi connectivity index (χ4v) is 4.93. The lowest BCUT2D eigenvalue weighted by Gasteiger charge is -2.28. The van der Waals surface area contributed by atoms with Crippen LogP contribution in [0.15, 0.2) is 30.3 Å². The summed E-state index contributed by atoms with van der Waals surface area (Å²) in [5.41, 5.74) is -1.12. The molecule has 1 saturated carbocycles. The van der Waals surface area contributed by atoms with Gasteiger partial charge in [0.1, 0.15) is 40.6 Å². The Hall–Kier alpha value is -3.01. The van der Waals surface area contributed by atoms with E-state index in [4.69, 9.17) is 14.7 Å². The number of nitrogens with zero attached hydrogens (tertiary/aromatic N) is 1. The molecule has 2 aromatic rings. The van der Waals surface area contributed by atoms with Gasteiger partial charge in [0.15, 0.2) is 0 Å². The molecule has 3 rings (SSSR count). The first-order chi connectivity index (χ1) is 17.9. The zero-order valence-electron chi connectivity index (χ0n) is 21.5. The summed E-state index contributed by atoms with van der Waals surface area (Å²) in [5, 5.41) is 8.77. The summed E-state index contributed by atoms with van der Waals surface area (Å²) in [5.74, 6) is -3.58. The van der Waals surface area contributed by atoms with Crippen molar-refractivity contribution in [2.45, 2.75) is 84.0 Å². The van der Waals surface area contributed by atoms with Crippen molar-refractivity contribution in [3.05, 3.63) is 58.9 Å². The molecule has 1 aliphatic rings. The molecule has 4 nitrogen and oxygen atoms in total. The van der Waals surface area contributed by atoms with E-state index in [1.54, 1.807) is 6.07 Å². The highest BCUT2D eigenvalue weighted by molar-refractivity contribution is 5.91. The van der Waals surface area contributed by atoms with Crippen LogP contribution in [0.25, 0.3) is 0 Å². The van der Waals surface area contributed by atoms with Gasteiger partial charge in [-0.1, -0.05) is 71.1 Å². The molecule has 0 amide bonds. The number of nitriles is 1. The summed E-state index contributed by atoms with van der Waals surface area (Å²) in [6, 6.07) is 6.67. The zero-order valence-corrected chi connectivity index (χ0v) is 21.5. The minimum atomic E-state index is -1.30. The van der Waals surface area contributed by atoms with E-state index in [0.717, 1.165) is 55.9 Å². The van der Waals surface area contributed by atoms with Crippen molar-refractivity contribution >= 4 is 5.97 Å². The lowest BCUT2D eigenvalue weighted by Crippen LogP contribution is -2.20. The molecule has 0 atom stereocenters. The van der Waals surface area contributed by atoms with Crippen molar-refractivity contribution < 1.29 is 27.4 Å². The van der Waals surface area contributed by atoms with Gasteiger partial charge in [0.05, 0.1) is 12.2 Å². The van der Waals surface area contributed by atoms with Gasteiger partial charge < -0.3 is 9.47 Å². The van der Waals surface area contributed by atoms with Crippen LogP contribution in [-0.4, -0.2) is 12.6 Å². The van der Waals surface area contributed by atoms with E-state index in [2.05, 4.69) is 6.92 Å².